The summed E-state index contributed by atoms with van der Waals surface area (Å²) in [5.41, 5.74) is 1.16. The summed E-state index contributed by atoms with van der Waals surface area (Å²) < 4.78 is 10.4. The molecule has 0 fully saturated rings. The molecule has 0 aliphatic carbocycles. The Kier molecular flexibility index (Phi) is 9.71. The highest BCUT2D eigenvalue weighted by Gasteiger charge is 2.30. The van der Waals surface area contributed by atoms with E-state index in [0.717, 1.165) is 20.9 Å². The number of hydrogen-bond donors (Lipinski definition) is 0. The van der Waals surface area contributed by atoms with Crippen LogP contribution in [0.3, 0.4) is 0 Å². The van der Waals surface area contributed by atoms with Crippen molar-refractivity contribution < 1.29 is 19.1 Å². The second kappa shape index (κ2) is 11.8. The van der Waals surface area contributed by atoms with Crippen molar-refractivity contribution in [1.29, 1.82) is 0 Å². The quantitative estimate of drug-likeness (QED) is 0.265. The third-order valence-electron chi connectivity index (χ3n) is 5.03. The van der Waals surface area contributed by atoms with Gasteiger partial charge in [-0.15, -0.1) is 0 Å². The second-order valence-electron chi connectivity index (χ2n) is 9.02. The highest BCUT2D eigenvalue weighted by molar-refractivity contribution is 8.76. The van der Waals surface area contributed by atoms with Gasteiger partial charge in [-0.25, -0.2) is 0 Å². The van der Waals surface area contributed by atoms with Gasteiger partial charge >= 0.3 is 11.9 Å². The molecule has 4 nitrogen and oxygen atoms in total. The standard InChI is InChI=1S/C26H34O4S2/c1-7-29-23(27)25(3,4)17-19-9-13-21(14-10-19)31-32-22-15-11-20(12-16-22)18-26(5,6)24(28)30-8-2/h9-16H,7-8,17-18H2,1-6H3. The molecule has 6 heteroatoms. The summed E-state index contributed by atoms with van der Waals surface area (Å²) in [5, 5.41) is 0. The Labute approximate surface area is 200 Å². The lowest BCUT2D eigenvalue weighted by Gasteiger charge is -2.22. The summed E-state index contributed by atoms with van der Waals surface area (Å²) in [6.07, 6.45) is 1.29. The predicted octanol–water partition coefficient (Wildman–Crippen LogP) is 6.75. The van der Waals surface area contributed by atoms with Gasteiger partial charge in [0.1, 0.15) is 0 Å². The topological polar surface area (TPSA) is 52.6 Å². The summed E-state index contributed by atoms with van der Waals surface area (Å²) in [6.45, 7) is 12.1. The Hall–Kier alpha value is -1.92. The third kappa shape index (κ3) is 7.89. The summed E-state index contributed by atoms with van der Waals surface area (Å²) in [4.78, 5) is 26.5. The van der Waals surface area contributed by atoms with Crippen molar-refractivity contribution in [3.63, 3.8) is 0 Å². The minimum absolute atomic E-state index is 0.164. The predicted molar refractivity (Wildman–Crippen MR) is 133 cm³/mol. The Morgan fingerprint density at radius 1 is 0.656 bits per heavy atom. The monoisotopic (exact) mass is 474 g/mol. The molecule has 32 heavy (non-hydrogen) atoms. The zero-order valence-corrected chi connectivity index (χ0v) is 21.5. The third-order valence-corrected chi connectivity index (χ3v) is 7.45. The van der Waals surface area contributed by atoms with Crippen LogP contribution in [-0.2, 0) is 31.9 Å². The van der Waals surface area contributed by atoms with Gasteiger partial charge in [0.15, 0.2) is 0 Å². The molecule has 0 bridgehead atoms. The van der Waals surface area contributed by atoms with E-state index in [4.69, 9.17) is 9.47 Å². The molecule has 0 radical (unpaired) electrons. The molecule has 0 heterocycles. The molecular weight excluding hydrogens is 440 g/mol. The van der Waals surface area contributed by atoms with Crippen LogP contribution in [-0.4, -0.2) is 25.2 Å². The maximum Gasteiger partial charge on any atom is 0.311 e. The van der Waals surface area contributed by atoms with E-state index >= 15 is 0 Å². The van der Waals surface area contributed by atoms with Crippen molar-refractivity contribution in [3.05, 3.63) is 59.7 Å². The Bertz CT molecular complexity index is 812. The van der Waals surface area contributed by atoms with Gasteiger partial charge in [0.05, 0.1) is 24.0 Å². The van der Waals surface area contributed by atoms with Crippen LogP contribution in [0.15, 0.2) is 58.3 Å². The fourth-order valence-electron chi connectivity index (χ4n) is 3.24. The number of carbonyl (C=O) groups is 2. The van der Waals surface area contributed by atoms with Crippen molar-refractivity contribution in [2.24, 2.45) is 10.8 Å². The Balaban J connectivity index is 1.90. The molecule has 0 aliphatic heterocycles. The minimum atomic E-state index is -0.539. The van der Waals surface area contributed by atoms with E-state index in [1.54, 1.807) is 21.6 Å². The van der Waals surface area contributed by atoms with E-state index < -0.39 is 10.8 Å². The molecular formula is C26H34O4S2. The number of rotatable bonds is 11. The fourth-order valence-corrected chi connectivity index (χ4v) is 5.17. The highest BCUT2D eigenvalue weighted by atomic mass is 33.1. The molecule has 2 aromatic carbocycles. The van der Waals surface area contributed by atoms with Crippen molar-refractivity contribution in [2.45, 2.75) is 64.2 Å². The molecule has 0 spiro atoms. The molecule has 2 aromatic rings. The highest BCUT2D eigenvalue weighted by Crippen LogP contribution is 2.38. The SMILES string of the molecule is CCOC(=O)C(C)(C)Cc1ccc(SSc2ccc(CC(C)(C)C(=O)OCC)cc2)cc1. The lowest BCUT2D eigenvalue weighted by atomic mass is 9.86. The van der Waals surface area contributed by atoms with Crippen LogP contribution in [0.1, 0.15) is 52.7 Å². The summed E-state index contributed by atoms with van der Waals surface area (Å²) >= 11 is 0. The van der Waals surface area contributed by atoms with E-state index in [1.165, 1.54) is 0 Å². The van der Waals surface area contributed by atoms with Crippen molar-refractivity contribution in [3.8, 4) is 0 Å². The molecule has 0 saturated carbocycles. The first-order valence-corrected chi connectivity index (χ1v) is 13.1. The molecule has 0 aromatic heterocycles. The molecule has 174 valence electrons. The minimum Gasteiger partial charge on any atom is -0.466 e. The van der Waals surface area contributed by atoms with E-state index in [0.29, 0.717) is 26.1 Å². The fraction of sp³-hybridized carbons (Fsp3) is 0.462. The van der Waals surface area contributed by atoms with E-state index in [-0.39, 0.29) is 11.9 Å². The second-order valence-corrected chi connectivity index (χ2v) is 11.3. The van der Waals surface area contributed by atoms with Crippen LogP contribution in [0.5, 0.6) is 0 Å². The summed E-state index contributed by atoms with van der Waals surface area (Å²) in [5.74, 6) is -0.328. The normalized spacial score (nSPS) is 11.8. The van der Waals surface area contributed by atoms with Crippen LogP contribution in [0.4, 0.5) is 0 Å². The average molecular weight is 475 g/mol. The number of hydrogen-bond acceptors (Lipinski definition) is 6. The van der Waals surface area contributed by atoms with Gasteiger partial charge in [-0.1, -0.05) is 45.9 Å². The van der Waals surface area contributed by atoms with Crippen molar-refractivity contribution in [1.82, 2.24) is 0 Å². The molecule has 0 unspecified atom stereocenters. The summed E-state index contributed by atoms with van der Waals surface area (Å²) in [7, 11) is 3.39. The van der Waals surface area contributed by atoms with Crippen LogP contribution in [0, 0.1) is 10.8 Å². The zero-order chi connectivity index (χ0) is 23.8. The first-order valence-electron chi connectivity index (χ1n) is 10.9. The van der Waals surface area contributed by atoms with Gasteiger partial charge in [-0.2, -0.15) is 0 Å². The Morgan fingerprint density at radius 2 is 0.969 bits per heavy atom. The summed E-state index contributed by atoms with van der Waals surface area (Å²) in [6, 6.07) is 16.6. The molecule has 2 rings (SSSR count). The van der Waals surface area contributed by atoms with Gasteiger partial charge in [-0.05, 0) is 89.8 Å². The largest absolute Gasteiger partial charge is 0.466 e. The van der Waals surface area contributed by atoms with Crippen LogP contribution >= 0.6 is 21.6 Å². The van der Waals surface area contributed by atoms with Crippen LogP contribution in [0.2, 0.25) is 0 Å². The zero-order valence-electron chi connectivity index (χ0n) is 19.9. The van der Waals surface area contributed by atoms with Gasteiger partial charge < -0.3 is 9.47 Å². The van der Waals surface area contributed by atoms with Gasteiger partial charge in [-0.3, -0.25) is 9.59 Å². The van der Waals surface area contributed by atoms with Crippen molar-refractivity contribution in [2.75, 3.05) is 13.2 Å². The lowest BCUT2D eigenvalue weighted by Crippen LogP contribution is -2.28. The van der Waals surface area contributed by atoms with E-state index in [1.807, 2.05) is 41.5 Å². The molecule has 0 atom stereocenters. The van der Waals surface area contributed by atoms with E-state index in [9.17, 15) is 9.59 Å². The first-order chi connectivity index (χ1) is 15.1. The lowest BCUT2D eigenvalue weighted by molar-refractivity contribution is -0.154. The number of benzene rings is 2. The van der Waals surface area contributed by atoms with E-state index in [2.05, 4.69) is 48.5 Å². The van der Waals surface area contributed by atoms with Gasteiger partial charge in [0.2, 0.25) is 0 Å². The maximum absolute atomic E-state index is 12.1. The smallest absolute Gasteiger partial charge is 0.311 e. The number of esters is 2. The van der Waals surface area contributed by atoms with Crippen LogP contribution < -0.4 is 0 Å². The van der Waals surface area contributed by atoms with Crippen molar-refractivity contribution >= 4 is 33.5 Å². The Morgan fingerprint density at radius 3 is 1.25 bits per heavy atom. The molecule has 0 N–H and O–H groups in total. The van der Waals surface area contributed by atoms with Crippen LogP contribution in [0.25, 0.3) is 0 Å². The average Bonchev–Trinajstić information content (AvgIpc) is 2.74. The maximum atomic E-state index is 12.1. The number of carbonyl (C=O) groups excluding carboxylic acids is 2. The van der Waals surface area contributed by atoms with Gasteiger partial charge in [0, 0.05) is 9.79 Å². The first kappa shape index (κ1) is 26.3. The number of ether oxygens (including phenoxy) is 2. The molecule has 0 aliphatic rings. The van der Waals surface area contributed by atoms with Gasteiger partial charge in [0.25, 0.3) is 0 Å². The molecule has 0 amide bonds. The molecule has 0 saturated heterocycles.